The molecule has 1 atom stereocenters. The van der Waals surface area contributed by atoms with Crippen LogP contribution in [0.15, 0.2) is 17.5 Å². The Kier molecular flexibility index (Phi) is 3.09. The van der Waals surface area contributed by atoms with Crippen molar-refractivity contribution in [2.75, 3.05) is 0 Å². The summed E-state index contributed by atoms with van der Waals surface area (Å²) in [4.78, 5) is 11.4. The van der Waals surface area contributed by atoms with E-state index in [9.17, 15) is 4.79 Å². The van der Waals surface area contributed by atoms with Crippen LogP contribution in [0.2, 0.25) is 0 Å². The molecule has 13 heavy (non-hydrogen) atoms. The van der Waals surface area contributed by atoms with Crippen LogP contribution in [-0.4, -0.2) is 6.47 Å². The molecule has 2 nitrogen and oxygen atoms in total. The topological polar surface area (TPSA) is 26.3 Å². The van der Waals surface area contributed by atoms with E-state index in [-0.39, 0.29) is 11.5 Å². The van der Waals surface area contributed by atoms with E-state index in [0.717, 1.165) is 4.88 Å². The number of carbonyl (C=O) groups excluding carboxylic acids is 1. The van der Waals surface area contributed by atoms with Gasteiger partial charge in [0.25, 0.3) is 6.47 Å². The van der Waals surface area contributed by atoms with Gasteiger partial charge >= 0.3 is 0 Å². The van der Waals surface area contributed by atoms with Crippen molar-refractivity contribution in [1.29, 1.82) is 0 Å². The maximum Gasteiger partial charge on any atom is 0.293 e. The molecule has 0 aliphatic rings. The summed E-state index contributed by atoms with van der Waals surface area (Å²) in [6, 6.07) is 3.96. The zero-order chi connectivity index (χ0) is 9.90. The zero-order valence-electron chi connectivity index (χ0n) is 8.11. The lowest BCUT2D eigenvalue weighted by molar-refractivity contribution is -0.139. The van der Waals surface area contributed by atoms with Gasteiger partial charge in [0.1, 0.15) is 6.10 Å². The van der Waals surface area contributed by atoms with Gasteiger partial charge < -0.3 is 4.74 Å². The molecule has 0 fully saturated rings. The summed E-state index contributed by atoms with van der Waals surface area (Å²) >= 11 is 1.61. The maximum atomic E-state index is 10.3. The second-order valence-electron chi connectivity index (χ2n) is 3.99. The van der Waals surface area contributed by atoms with Crippen LogP contribution >= 0.6 is 11.3 Å². The van der Waals surface area contributed by atoms with Gasteiger partial charge in [-0.2, -0.15) is 0 Å². The molecule has 0 aromatic carbocycles. The number of ether oxygens (including phenoxy) is 1. The van der Waals surface area contributed by atoms with Gasteiger partial charge in [-0.1, -0.05) is 26.8 Å². The van der Waals surface area contributed by atoms with Gasteiger partial charge in [-0.05, 0) is 11.4 Å². The van der Waals surface area contributed by atoms with Gasteiger partial charge in [0.2, 0.25) is 0 Å². The quantitative estimate of drug-likeness (QED) is 0.698. The highest BCUT2D eigenvalue weighted by molar-refractivity contribution is 7.10. The summed E-state index contributed by atoms with van der Waals surface area (Å²) in [5.41, 5.74) is -0.0498. The van der Waals surface area contributed by atoms with Crippen molar-refractivity contribution in [3.8, 4) is 0 Å². The molecular weight excluding hydrogens is 184 g/mol. The normalized spacial score (nSPS) is 13.8. The molecule has 1 aromatic heterocycles. The minimum Gasteiger partial charge on any atom is -0.458 e. The first-order chi connectivity index (χ1) is 6.05. The summed E-state index contributed by atoms with van der Waals surface area (Å²) < 4.78 is 5.08. The van der Waals surface area contributed by atoms with Crippen molar-refractivity contribution in [3.63, 3.8) is 0 Å². The Bertz CT molecular complexity index is 259. The third kappa shape index (κ3) is 2.56. The highest BCUT2D eigenvalue weighted by atomic mass is 32.1. The van der Waals surface area contributed by atoms with E-state index in [1.165, 1.54) is 0 Å². The number of thiophene rings is 1. The van der Waals surface area contributed by atoms with Crippen LogP contribution in [0.3, 0.4) is 0 Å². The minimum atomic E-state index is -0.134. The summed E-state index contributed by atoms with van der Waals surface area (Å²) in [6.45, 7) is 6.69. The second kappa shape index (κ2) is 3.92. The van der Waals surface area contributed by atoms with E-state index in [0.29, 0.717) is 6.47 Å². The van der Waals surface area contributed by atoms with E-state index in [4.69, 9.17) is 4.74 Å². The van der Waals surface area contributed by atoms with Gasteiger partial charge in [-0.25, -0.2) is 0 Å². The first-order valence-corrected chi connectivity index (χ1v) is 5.06. The Balaban J connectivity index is 2.86. The lowest BCUT2D eigenvalue weighted by Gasteiger charge is -2.27. The van der Waals surface area contributed by atoms with Gasteiger partial charge in [-0.15, -0.1) is 11.3 Å². The Morgan fingerprint density at radius 1 is 1.54 bits per heavy atom. The predicted octanol–water partition coefficient (Wildman–Crippen LogP) is 3.01. The largest absolute Gasteiger partial charge is 0.458 e. The third-order valence-corrected chi connectivity index (χ3v) is 2.70. The van der Waals surface area contributed by atoms with Crippen molar-refractivity contribution in [2.45, 2.75) is 26.9 Å². The summed E-state index contributed by atoms with van der Waals surface area (Å²) in [6.07, 6.45) is -0.134. The van der Waals surface area contributed by atoms with Crippen molar-refractivity contribution in [3.05, 3.63) is 22.4 Å². The van der Waals surface area contributed by atoms with E-state index in [1.807, 2.05) is 17.5 Å². The van der Waals surface area contributed by atoms with Gasteiger partial charge in [0.05, 0.1) is 0 Å². The SMILES string of the molecule is CC(C)(C)C(OC=O)c1cccs1. The summed E-state index contributed by atoms with van der Waals surface area (Å²) in [5, 5.41) is 1.99. The fourth-order valence-corrected chi connectivity index (χ4v) is 2.20. The van der Waals surface area contributed by atoms with Crippen molar-refractivity contribution < 1.29 is 9.53 Å². The van der Waals surface area contributed by atoms with Gasteiger partial charge in [-0.3, -0.25) is 4.79 Å². The molecule has 1 unspecified atom stereocenters. The Morgan fingerprint density at radius 3 is 2.62 bits per heavy atom. The lowest BCUT2D eigenvalue weighted by Crippen LogP contribution is -2.19. The molecule has 1 rings (SSSR count). The Morgan fingerprint density at radius 2 is 2.23 bits per heavy atom. The van der Waals surface area contributed by atoms with E-state index in [1.54, 1.807) is 11.3 Å². The molecular formula is C10H14O2S. The molecule has 72 valence electrons. The highest BCUT2D eigenvalue weighted by Crippen LogP contribution is 2.37. The molecule has 0 aliphatic carbocycles. The van der Waals surface area contributed by atoms with Crippen LogP contribution in [0, 0.1) is 5.41 Å². The molecule has 0 bridgehead atoms. The molecule has 0 spiro atoms. The zero-order valence-corrected chi connectivity index (χ0v) is 8.93. The van der Waals surface area contributed by atoms with Crippen LogP contribution in [0.1, 0.15) is 31.8 Å². The van der Waals surface area contributed by atoms with E-state index >= 15 is 0 Å². The van der Waals surface area contributed by atoms with Crippen LogP contribution < -0.4 is 0 Å². The number of hydrogen-bond donors (Lipinski definition) is 0. The number of rotatable bonds is 3. The molecule has 0 saturated carbocycles. The third-order valence-electron chi connectivity index (χ3n) is 1.78. The standard InChI is InChI=1S/C10H14O2S/c1-10(2,3)9(12-7-11)8-5-4-6-13-8/h4-7,9H,1-3H3. The van der Waals surface area contributed by atoms with Crippen LogP contribution in [0.5, 0.6) is 0 Å². The maximum absolute atomic E-state index is 10.3. The molecule has 1 aromatic rings. The monoisotopic (exact) mass is 198 g/mol. The molecule has 1 heterocycles. The first-order valence-electron chi connectivity index (χ1n) is 4.18. The highest BCUT2D eigenvalue weighted by Gasteiger charge is 2.28. The lowest BCUT2D eigenvalue weighted by atomic mass is 9.88. The molecule has 0 amide bonds. The van der Waals surface area contributed by atoms with Crippen LogP contribution in [0.4, 0.5) is 0 Å². The number of hydrogen-bond acceptors (Lipinski definition) is 3. The Hall–Kier alpha value is -0.830. The molecule has 0 saturated heterocycles. The molecule has 0 aliphatic heterocycles. The first kappa shape index (κ1) is 10.3. The Labute approximate surface area is 82.5 Å². The average molecular weight is 198 g/mol. The van der Waals surface area contributed by atoms with E-state index in [2.05, 4.69) is 20.8 Å². The van der Waals surface area contributed by atoms with Gasteiger partial charge in [0.15, 0.2) is 0 Å². The van der Waals surface area contributed by atoms with E-state index < -0.39 is 0 Å². The average Bonchev–Trinajstić information content (AvgIpc) is 2.49. The fraction of sp³-hybridized carbons (Fsp3) is 0.500. The van der Waals surface area contributed by atoms with Crippen molar-refractivity contribution in [1.82, 2.24) is 0 Å². The molecule has 3 heteroatoms. The van der Waals surface area contributed by atoms with Gasteiger partial charge in [0, 0.05) is 10.3 Å². The molecule has 0 N–H and O–H groups in total. The number of carbonyl (C=O) groups is 1. The van der Waals surface area contributed by atoms with Crippen LogP contribution in [0.25, 0.3) is 0 Å². The fourth-order valence-electron chi connectivity index (χ4n) is 1.19. The van der Waals surface area contributed by atoms with Crippen LogP contribution in [-0.2, 0) is 9.53 Å². The van der Waals surface area contributed by atoms with Crippen molar-refractivity contribution in [2.24, 2.45) is 5.41 Å². The summed E-state index contributed by atoms with van der Waals surface area (Å²) in [5.74, 6) is 0. The smallest absolute Gasteiger partial charge is 0.293 e. The minimum absolute atomic E-state index is 0.0498. The van der Waals surface area contributed by atoms with Crippen molar-refractivity contribution >= 4 is 17.8 Å². The predicted molar refractivity (Wildman–Crippen MR) is 53.7 cm³/mol. The second-order valence-corrected chi connectivity index (χ2v) is 4.97. The molecule has 0 radical (unpaired) electrons. The summed E-state index contributed by atoms with van der Waals surface area (Å²) in [7, 11) is 0.